The molecule has 0 fully saturated rings. The van der Waals surface area contributed by atoms with Gasteiger partial charge in [0.15, 0.2) is 0 Å². The predicted octanol–water partition coefficient (Wildman–Crippen LogP) is 4.33. The molecular weight excluding hydrogens is 364 g/mol. The van der Waals surface area contributed by atoms with Crippen molar-refractivity contribution in [1.29, 1.82) is 0 Å². The summed E-state index contributed by atoms with van der Waals surface area (Å²) in [6.45, 7) is 4.36. The normalized spacial score (nSPS) is 15.5. The van der Waals surface area contributed by atoms with Crippen LogP contribution in [0, 0.1) is 0 Å². The highest BCUT2D eigenvalue weighted by Gasteiger charge is 2.47. The van der Waals surface area contributed by atoms with E-state index in [-0.39, 0.29) is 11.1 Å². The molecule has 26 heavy (non-hydrogen) atoms. The number of hydrogen-bond donors (Lipinski definition) is 1. The molecule has 3 nitrogen and oxygen atoms in total. The maximum atomic E-state index is 13.0. The van der Waals surface area contributed by atoms with Gasteiger partial charge in [-0.05, 0) is 31.9 Å². The third-order valence-corrected chi connectivity index (χ3v) is 3.34. The molecule has 0 aromatic heterocycles. The van der Waals surface area contributed by atoms with Gasteiger partial charge in [0, 0.05) is 6.42 Å². The topological polar surface area (TPSA) is 52.3 Å². The van der Waals surface area contributed by atoms with Crippen LogP contribution in [-0.4, -0.2) is 29.5 Å². The van der Waals surface area contributed by atoms with Crippen LogP contribution >= 0.6 is 0 Å². The Kier molecular flexibility index (Phi) is 6.39. The van der Waals surface area contributed by atoms with Crippen molar-refractivity contribution in [3.05, 3.63) is 35.4 Å². The Morgan fingerprint density at radius 1 is 0.923 bits per heavy atom. The number of ether oxygens (including phenoxy) is 1. The number of carbonyl (C=O) groups is 1. The SMILES string of the molecule is CC(C)(C)OC(=O)[C@@](N)(Cc1ccccc1CC(F)(F)F)CC(F)(F)F. The summed E-state index contributed by atoms with van der Waals surface area (Å²) in [6.07, 6.45) is -13.1. The monoisotopic (exact) mass is 385 g/mol. The van der Waals surface area contributed by atoms with E-state index in [0.717, 1.165) is 6.07 Å². The van der Waals surface area contributed by atoms with Crippen LogP contribution in [-0.2, 0) is 22.4 Å². The summed E-state index contributed by atoms with van der Waals surface area (Å²) >= 11 is 0. The van der Waals surface area contributed by atoms with Gasteiger partial charge in [-0.1, -0.05) is 24.3 Å². The predicted molar refractivity (Wildman–Crippen MR) is 83.3 cm³/mol. The van der Waals surface area contributed by atoms with Gasteiger partial charge in [-0.15, -0.1) is 0 Å². The van der Waals surface area contributed by atoms with Gasteiger partial charge in [-0.25, -0.2) is 0 Å². The highest BCUT2D eigenvalue weighted by Crippen LogP contribution is 2.32. The highest BCUT2D eigenvalue weighted by atomic mass is 19.4. The molecule has 1 aromatic rings. The summed E-state index contributed by atoms with van der Waals surface area (Å²) in [5.74, 6) is -1.32. The third kappa shape index (κ3) is 7.63. The number of alkyl halides is 6. The molecular formula is C17H21F6NO2. The first-order valence-electron chi connectivity index (χ1n) is 7.73. The van der Waals surface area contributed by atoms with Crippen molar-refractivity contribution >= 4 is 5.97 Å². The lowest BCUT2D eigenvalue weighted by Crippen LogP contribution is -2.55. The van der Waals surface area contributed by atoms with Crippen LogP contribution in [0.4, 0.5) is 26.3 Å². The molecule has 1 aromatic carbocycles. The largest absolute Gasteiger partial charge is 0.459 e. The van der Waals surface area contributed by atoms with Crippen LogP contribution < -0.4 is 5.73 Å². The van der Waals surface area contributed by atoms with E-state index in [9.17, 15) is 31.1 Å². The van der Waals surface area contributed by atoms with Gasteiger partial charge in [0.05, 0.1) is 12.8 Å². The standard InChI is InChI=1S/C17H21F6NO2/c1-14(2,3)26-13(25)15(24,10-17(21,22)23)8-11-6-4-5-7-12(11)9-16(18,19)20/h4-7H,8-10,24H2,1-3H3/t15-/m1/s1. The lowest BCUT2D eigenvalue weighted by atomic mass is 9.85. The second-order valence-corrected chi connectivity index (χ2v) is 7.19. The summed E-state index contributed by atoms with van der Waals surface area (Å²) < 4.78 is 81.9. The summed E-state index contributed by atoms with van der Waals surface area (Å²) in [5, 5.41) is 0. The number of carbonyl (C=O) groups excluding carboxylic acids is 1. The van der Waals surface area contributed by atoms with Crippen LogP contribution in [0.15, 0.2) is 24.3 Å². The van der Waals surface area contributed by atoms with Gasteiger partial charge in [-0.3, -0.25) is 4.79 Å². The van der Waals surface area contributed by atoms with Gasteiger partial charge in [0.2, 0.25) is 0 Å². The van der Waals surface area contributed by atoms with Gasteiger partial charge in [0.1, 0.15) is 11.1 Å². The molecule has 0 heterocycles. The zero-order valence-electron chi connectivity index (χ0n) is 14.6. The quantitative estimate of drug-likeness (QED) is 0.607. The molecule has 0 bridgehead atoms. The fourth-order valence-electron chi connectivity index (χ4n) is 2.40. The van der Waals surface area contributed by atoms with Crippen LogP contribution in [0.5, 0.6) is 0 Å². The van der Waals surface area contributed by atoms with E-state index in [1.165, 1.54) is 39.0 Å². The highest BCUT2D eigenvalue weighted by molar-refractivity contribution is 5.81. The Morgan fingerprint density at radius 3 is 1.77 bits per heavy atom. The van der Waals surface area contributed by atoms with Crippen molar-refractivity contribution in [1.82, 2.24) is 0 Å². The zero-order chi connectivity index (χ0) is 20.4. The third-order valence-electron chi connectivity index (χ3n) is 3.34. The average molecular weight is 385 g/mol. The average Bonchev–Trinajstić information content (AvgIpc) is 2.35. The molecule has 0 spiro atoms. The molecule has 1 atom stereocenters. The number of halogens is 6. The molecule has 9 heteroatoms. The number of esters is 1. The molecule has 0 amide bonds. The Morgan fingerprint density at radius 2 is 1.38 bits per heavy atom. The Balaban J connectivity index is 3.24. The smallest absolute Gasteiger partial charge is 0.393 e. The zero-order valence-corrected chi connectivity index (χ0v) is 14.6. The second kappa shape index (κ2) is 7.46. The number of hydrogen-bond acceptors (Lipinski definition) is 3. The fourth-order valence-corrected chi connectivity index (χ4v) is 2.40. The first-order chi connectivity index (χ1) is 11.5. The molecule has 0 unspecified atom stereocenters. The van der Waals surface area contributed by atoms with Gasteiger partial charge in [-0.2, -0.15) is 26.3 Å². The molecule has 0 aliphatic rings. The molecule has 0 saturated heterocycles. The Labute approximate surface area is 147 Å². The van der Waals surface area contributed by atoms with E-state index in [4.69, 9.17) is 10.5 Å². The summed E-state index contributed by atoms with van der Waals surface area (Å²) in [6, 6.07) is 5.08. The number of benzene rings is 1. The maximum Gasteiger partial charge on any atom is 0.393 e. The van der Waals surface area contributed by atoms with E-state index in [0.29, 0.717) is 0 Å². The molecule has 1 rings (SSSR count). The number of nitrogens with two attached hydrogens (primary N) is 1. The van der Waals surface area contributed by atoms with Crippen molar-refractivity contribution in [2.45, 2.75) is 63.5 Å². The van der Waals surface area contributed by atoms with Crippen molar-refractivity contribution < 1.29 is 35.9 Å². The van der Waals surface area contributed by atoms with E-state index < -0.39 is 48.7 Å². The van der Waals surface area contributed by atoms with E-state index in [1.54, 1.807) is 0 Å². The van der Waals surface area contributed by atoms with E-state index in [1.807, 2.05) is 0 Å². The van der Waals surface area contributed by atoms with Crippen LogP contribution in [0.25, 0.3) is 0 Å². The molecule has 148 valence electrons. The first-order valence-corrected chi connectivity index (χ1v) is 7.73. The van der Waals surface area contributed by atoms with Gasteiger partial charge >= 0.3 is 18.3 Å². The summed E-state index contributed by atoms with van der Waals surface area (Å²) in [4.78, 5) is 12.3. The molecule has 0 aliphatic carbocycles. The van der Waals surface area contributed by atoms with Gasteiger partial charge in [0.25, 0.3) is 0 Å². The van der Waals surface area contributed by atoms with Crippen molar-refractivity contribution in [2.24, 2.45) is 5.73 Å². The fraction of sp³-hybridized carbons (Fsp3) is 0.588. The van der Waals surface area contributed by atoms with Crippen molar-refractivity contribution in [2.75, 3.05) is 0 Å². The lowest BCUT2D eigenvalue weighted by molar-refractivity contribution is -0.179. The van der Waals surface area contributed by atoms with Gasteiger partial charge < -0.3 is 10.5 Å². The Bertz CT molecular complexity index is 633. The minimum atomic E-state index is -4.80. The first kappa shape index (κ1) is 22.3. The molecule has 2 N–H and O–H groups in total. The second-order valence-electron chi connectivity index (χ2n) is 7.19. The molecule has 0 aliphatic heterocycles. The van der Waals surface area contributed by atoms with Crippen LogP contribution in [0.2, 0.25) is 0 Å². The molecule has 0 radical (unpaired) electrons. The summed E-state index contributed by atoms with van der Waals surface area (Å²) in [5.41, 5.74) is 1.77. The van der Waals surface area contributed by atoms with Crippen molar-refractivity contribution in [3.63, 3.8) is 0 Å². The minimum absolute atomic E-state index is 0.0811. The Hall–Kier alpha value is -1.77. The number of rotatable bonds is 5. The van der Waals surface area contributed by atoms with Crippen molar-refractivity contribution in [3.8, 4) is 0 Å². The summed E-state index contributed by atoms with van der Waals surface area (Å²) in [7, 11) is 0. The van der Waals surface area contributed by atoms with Crippen LogP contribution in [0.3, 0.4) is 0 Å². The van der Waals surface area contributed by atoms with E-state index in [2.05, 4.69) is 0 Å². The van der Waals surface area contributed by atoms with Crippen LogP contribution in [0.1, 0.15) is 38.3 Å². The minimum Gasteiger partial charge on any atom is -0.459 e. The van der Waals surface area contributed by atoms with E-state index >= 15 is 0 Å². The lowest BCUT2D eigenvalue weighted by Gasteiger charge is -2.32. The molecule has 0 saturated carbocycles. The maximum absolute atomic E-state index is 13.0.